The molecule has 0 saturated carbocycles. The predicted octanol–water partition coefficient (Wildman–Crippen LogP) is 8.58. The predicted molar refractivity (Wildman–Crippen MR) is 125 cm³/mol. The molecule has 27 heavy (non-hydrogen) atoms. The first kappa shape index (κ1) is 21.9. The molecule has 0 nitrogen and oxygen atoms in total. The van der Waals surface area contributed by atoms with E-state index in [2.05, 4.69) is 61.5 Å². The molecular weight excluding hydrogens is 390 g/mol. The summed E-state index contributed by atoms with van der Waals surface area (Å²) in [5.74, 6) is 0. The van der Waals surface area contributed by atoms with E-state index < -0.39 is 6.63 Å². The van der Waals surface area contributed by atoms with Crippen molar-refractivity contribution in [1.82, 2.24) is 0 Å². The average Bonchev–Trinajstić information content (AvgIpc) is 2.99. The molecule has 2 aliphatic carbocycles. The Bertz CT molecular complexity index is 681. The fraction of sp³-hybridized carbons (Fsp3) is 0.750. The molecular formula is C24H37Cl2P. The van der Waals surface area contributed by atoms with Crippen molar-refractivity contribution in [3.05, 3.63) is 28.3 Å². The van der Waals surface area contributed by atoms with Crippen LogP contribution in [-0.2, 0) is 21.7 Å². The summed E-state index contributed by atoms with van der Waals surface area (Å²) in [7, 11) is 0. The summed E-state index contributed by atoms with van der Waals surface area (Å²) in [5.41, 5.74) is 6.94. The van der Waals surface area contributed by atoms with E-state index in [1.54, 1.807) is 11.1 Å². The number of hydrogen-bond donors (Lipinski definition) is 0. The van der Waals surface area contributed by atoms with Crippen LogP contribution >= 0.6 is 29.1 Å². The van der Waals surface area contributed by atoms with Gasteiger partial charge < -0.3 is 0 Å². The first-order valence-corrected chi connectivity index (χ1v) is 13.9. The summed E-state index contributed by atoms with van der Waals surface area (Å²) in [6.45, 7) is 17.9. The maximum Gasteiger partial charge on any atom is 0.117 e. The second kappa shape index (κ2) is 6.89. The second-order valence-corrected chi connectivity index (χ2v) is 13.9. The smallest absolute Gasteiger partial charge is 0.0727 e. The summed E-state index contributed by atoms with van der Waals surface area (Å²) in [6, 6.07) is 2.63. The maximum absolute atomic E-state index is 6.81. The Labute approximate surface area is 178 Å². The maximum atomic E-state index is 6.81. The van der Waals surface area contributed by atoms with Crippen LogP contribution in [0.5, 0.6) is 0 Å². The molecule has 3 rings (SSSR count). The summed E-state index contributed by atoms with van der Waals surface area (Å²) in [6.07, 6.45) is 7.18. The Hall–Kier alpha value is 0.230. The molecule has 152 valence electrons. The van der Waals surface area contributed by atoms with Gasteiger partial charge in [-0.3, -0.25) is 0 Å². The highest BCUT2D eigenvalue weighted by Gasteiger charge is 2.54. The molecule has 3 heteroatoms. The summed E-state index contributed by atoms with van der Waals surface area (Å²) in [4.78, 5) is 0. The molecule has 0 fully saturated rings. The zero-order chi connectivity index (χ0) is 20.4. The monoisotopic (exact) mass is 426 g/mol. The first-order valence-electron chi connectivity index (χ1n) is 10.8. The quantitative estimate of drug-likeness (QED) is 0.413. The highest BCUT2D eigenvalue weighted by molar-refractivity contribution is 8.09. The molecule has 1 aromatic carbocycles. The van der Waals surface area contributed by atoms with Crippen molar-refractivity contribution in [1.29, 1.82) is 0 Å². The zero-order valence-electron chi connectivity index (χ0n) is 18.5. The van der Waals surface area contributed by atoms with E-state index in [0.29, 0.717) is 0 Å². The van der Waals surface area contributed by atoms with Gasteiger partial charge in [-0.25, -0.2) is 0 Å². The van der Waals surface area contributed by atoms with E-state index in [0.717, 1.165) is 0 Å². The minimum Gasteiger partial charge on any atom is -0.0727 e. The van der Waals surface area contributed by atoms with Gasteiger partial charge in [-0.15, -0.1) is 0 Å². The van der Waals surface area contributed by atoms with E-state index in [1.807, 2.05) is 0 Å². The van der Waals surface area contributed by atoms with Crippen molar-refractivity contribution >= 4 is 34.4 Å². The van der Waals surface area contributed by atoms with Crippen molar-refractivity contribution in [2.24, 2.45) is 0 Å². The molecule has 0 heterocycles. The lowest BCUT2D eigenvalue weighted by atomic mass is 9.72. The van der Waals surface area contributed by atoms with Gasteiger partial charge in [-0.2, -0.15) is 0 Å². The molecule has 0 aromatic heterocycles. The number of halogens is 2. The third kappa shape index (κ3) is 2.95. The van der Waals surface area contributed by atoms with Crippen LogP contribution in [0.25, 0.3) is 0 Å². The van der Waals surface area contributed by atoms with Crippen molar-refractivity contribution in [3.8, 4) is 0 Å². The van der Waals surface area contributed by atoms with Crippen molar-refractivity contribution < 1.29 is 0 Å². The lowest BCUT2D eigenvalue weighted by Crippen LogP contribution is -2.28. The molecule has 0 N–H and O–H groups in total. The van der Waals surface area contributed by atoms with Crippen LogP contribution in [0.15, 0.2) is 6.07 Å². The van der Waals surface area contributed by atoms with Gasteiger partial charge in [-0.1, -0.05) is 83.9 Å². The van der Waals surface area contributed by atoms with Crippen LogP contribution in [0, 0.1) is 0 Å². The molecule has 0 spiro atoms. The molecule has 0 atom stereocenters. The minimum atomic E-state index is -1.18. The van der Waals surface area contributed by atoms with Crippen LogP contribution < -0.4 is 5.30 Å². The highest BCUT2D eigenvalue weighted by atomic mass is 35.9. The topological polar surface area (TPSA) is 0 Å². The molecule has 0 saturated heterocycles. The van der Waals surface area contributed by atoms with Gasteiger partial charge in [0.05, 0.1) is 0 Å². The third-order valence-electron chi connectivity index (χ3n) is 8.23. The second-order valence-electron chi connectivity index (χ2n) is 10.4. The van der Waals surface area contributed by atoms with Gasteiger partial charge in [0.2, 0.25) is 0 Å². The summed E-state index contributed by atoms with van der Waals surface area (Å²) < 4.78 is 0. The Kier molecular flexibility index (Phi) is 5.59. The molecule has 0 bridgehead atoms. The van der Waals surface area contributed by atoms with E-state index in [9.17, 15) is 0 Å². The van der Waals surface area contributed by atoms with E-state index in [4.69, 9.17) is 22.5 Å². The fourth-order valence-corrected chi connectivity index (χ4v) is 9.06. The summed E-state index contributed by atoms with van der Waals surface area (Å²) >= 11 is 13.6. The number of hydrogen-bond acceptors (Lipinski definition) is 0. The number of benzene rings is 1. The van der Waals surface area contributed by atoms with Crippen molar-refractivity contribution in [3.63, 3.8) is 0 Å². The summed E-state index contributed by atoms with van der Waals surface area (Å²) in [5, 5.41) is 1.32. The largest absolute Gasteiger partial charge is 0.117 e. The van der Waals surface area contributed by atoms with Gasteiger partial charge in [-0.05, 0) is 82.4 Å². The van der Waals surface area contributed by atoms with E-state index >= 15 is 0 Å². The molecule has 0 unspecified atom stereocenters. The molecule has 1 aromatic rings. The molecule has 0 radical (unpaired) electrons. The highest BCUT2D eigenvalue weighted by Crippen LogP contribution is 2.63. The van der Waals surface area contributed by atoms with Gasteiger partial charge in [0.25, 0.3) is 0 Å². The lowest BCUT2D eigenvalue weighted by molar-refractivity contribution is 0.322. The van der Waals surface area contributed by atoms with Crippen LogP contribution in [0.3, 0.4) is 0 Å². The normalized spacial score (nSPS) is 23.5. The Morgan fingerprint density at radius 3 is 1.33 bits per heavy atom. The SMILES string of the molecule is CCC1(CC)CC(C)(C)c2c1cc1c(c2P(Cl)Cl)C(C)(C)CC1(CC)CC. The zero-order valence-corrected chi connectivity index (χ0v) is 20.9. The average molecular weight is 427 g/mol. The third-order valence-corrected chi connectivity index (χ3v) is 10.0. The van der Waals surface area contributed by atoms with Gasteiger partial charge in [0.1, 0.15) is 6.63 Å². The standard InChI is InChI=1S/C24H37Cl2P/c1-9-23(10-2)14-21(5,6)18-16(23)13-17-19(20(18)27(25)26)22(7,8)15-24(17,11-3)12-4/h13H,9-12,14-15H2,1-8H3. The van der Waals surface area contributed by atoms with Crippen molar-refractivity contribution in [2.45, 2.75) is 116 Å². The van der Waals surface area contributed by atoms with Crippen LogP contribution in [0.1, 0.15) is 116 Å². The minimum absolute atomic E-state index is 0.135. The molecule has 0 aliphatic heterocycles. The number of fused-ring (bicyclic) bond motifs is 2. The van der Waals surface area contributed by atoms with Crippen LogP contribution in [-0.4, -0.2) is 0 Å². The van der Waals surface area contributed by atoms with Gasteiger partial charge in [0, 0.05) is 5.30 Å². The Morgan fingerprint density at radius 1 is 0.741 bits per heavy atom. The van der Waals surface area contributed by atoms with Crippen LogP contribution in [0.2, 0.25) is 0 Å². The fourth-order valence-electron chi connectivity index (χ4n) is 6.87. The Balaban J connectivity index is 2.49. The Morgan fingerprint density at radius 2 is 1.07 bits per heavy atom. The first-order chi connectivity index (χ1) is 12.4. The van der Waals surface area contributed by atoms with E-state index in [-0.39, 0.29) is 21.7 Å². The van der Waals surface area contributed by atoms with E-state index in [1.165, 1.54) is 55.0 Å². The number of rotatable bonds is 5. The lowest BCUT2D eigenvalue weighted by Gasteiger charge is -2.32. The van der Waals surface area contributed by atoms with Gasteiger partial charge in [0.15, 0.2) is 0 Å². The molecule has 2 aliphatic rings. The molecule has 0 amide bonds. The van der Waals surface area contributed by atoms with Crippen molar-refractivity contribution in [2.75, 3.05) is 0 Å². The van der Waals surface area contributed by atoms with Gasteiger partial charge >= 0.3 is 0 Å². The van der Waals surface area contributed by atoms with Crippen LogP contribution in [0.4, 0.5) is 0 Å².